The van der Waals surface area contributed by atoms with Crippen LogP contribution < -0.4 is 52.6 Å². The molecule has 1 aromatic heterocycles. The molecule has 103 heavy (non-hydrogen) atoms. The lowest BCUT2D eigenvalue weighted by Gasteiger charge is -2.48. The fourth-order valence-electron chi connectivity index (χ4n) is 13.2. The fourth-order valence-corrected chi connectivity index (χ4v) is 13.9. The van der Waals surface area contributed by atoms with Gasteiger partial charge in [-0.1, -0.05) is 79.7 Å². The van der Waals surface area contributed by atoms with Crippen molar-refractivity contribution in [3.8, 4) is 16.2 Å². The SMILES string of the molecule is CC(c1ccccc1)C1NC(=O)CNC(=O)C(CO)NC(=O)C(C(O)C2CNC(=N)N2C2OC(CO)C(O)C(O)C2O)NC(=O)C(C(O)C2CNC(=N)N2)NC(=O)C(Cc2ccc(OC3OC(CO)C(OC4OC5COC(c6ccc(-c7cccs7)cc6)OC5C(O)C4O)C(O)C3O)cc2)NC1=O. The van der Waals surface area contributed by atoms with Gasteiger partial charge in [0.1, 0.15) is 121 Å². The highest BCUT2D eigenvalue weighted by Crippen LogP contribution is 2.38. The van der Waals surface area contributed by atoms with Crippen LogP contribution in [-0.4, -0.2) is 306 Å². The third-order valence-electron chi connectivity index (χ3n) is 19.1. The molecule has 4 aromatic rings. The molecule has 6 amide bonds. The maximum Gasteiger partial charge on any atom is 0.246 e. The molecular formula is C65H84N12O25S. The number of fused-ring (bicyclic) bond motifs is 1. The zero-order chi connectivity index (χ0) is 73.7. The number of nitrogens with zero attached hydrogens (tertiary/aromatic N) is 1. The van der Waals surface area contributed by atoms with Gasteiger partial charge < -0.3 is 147 Å². The predicted molar refractivity (Wildman–Crippen MR) is 352 cm³/mol. The highest BCUT2D eigenvalue weighted by Gasteiger charge is 2.56. The first-order valence-corrected chi connectivity index (χ1v) is 34.0. The Hall–Kier alpha value is -8.20. The van der Waals surface area contributed by atoms with Crippen molar-refractivity contribution in [3.63, 3.8) is 0 Å². The number of rotatable bonds is 18. The van der Waals surface area contributed by atoms with Crippen LogP contribution in [0.5, 0.6) is 5.75 Å². The van der Waals surface area contributed by atoms with Gasteiger partial charge in [0.15, 0.2) is 30.7 Å². The van der Waals surface area contributed by atoms with E-state index in [1.54, 1.807) is 48.6 Å². The van der Waals surface area contributed by atoms with Crippen LogP contribution in [0.3, 0.4) is 0 Å². The van der Waals surface area contributed by atoms with Crippen molar-refractivity contribution in [1.29, 1.82) is 10.8 Å². The van der Waals surface area contributed by atoms with E-state index in [-0.39, 0.29) is 30.4 Å². The van der Waals surface area contributed by atoms with Crippen molar-refractivity contribution in [2.24, 2.45) is 0 Å². The molecule has 26 atom stereocenters. The number of thiophene rings is 1. The molecule has 0 radical (unpaired) electrons. The molecule has 560 valence electrons. The molecule has 7 saturated heterocycles. The van der Waals surface area contributed by atoms with E-state index < -0.39 is 239 Å². The van der Waals surface area contributed by atoms with Gasteiger partial charge in [-0.3, -0.25) is 39.6 Å². The van der Waals surface area contributed by atoms with Crippen molar-refractivity contribution in [1.82, 2.24) is 52.8 Å². The molecule has 37 nitrogen and oxygen atoms in total. The zero-order valence-electron chi connectivity index (χ0n) is 54.9. The number of carbonyl (C=O) groups excluding carboxylic acids is 6. The third kappa shape index (κ3) is 16.8. The van der Waals surface area contributed by atoms with Gasteiger partial charge in [-0.05, 0) is 40.3 Å². The first-order chi connectivity index (χ1) is 49.4. The van der Waals surface area contributed by atoms with E-state index in [1.165, 1.54) is 24.3 Å². The summed E-state index contributed by atoms with van der Waals surface area (Å²) < 4.78 is 41.6. The van der Waals surface area contributed by atoms with E-state index >= 15 is 9.59 Å². The molecule has 0 aliphatic carbocycles. The van der Waals surface area contributed by atoms with Gasteiger partial charge >= 0.3 is 0 Å². The molecule has 3 aromatic carbocycles. The zero-order valence-corrected chi connectivity index (χ0v) is 55.8. The van der Waals surface area contributed by atoms with Crippen molar-refractivity contribution >= 4 is 58.7 Å². The Bertz CT molecular complexity index is 3610. The van der Waals surface area contributed by atoms with E-state index in [1.807, 2.05) is 41.8 Å². The number of ether oxygens (including phenoxy) is 7. The summed E-state index contributed by atoms with van der Waals surface area (Å²) in [6, 6.07) is 12.3. The number of nitrogens with one attached hydrogen (secondary N) is 11. The molecule has 11 rings (SSSR count). The lowest BCUT2D eigenvalue weighted by molar-refractivity contribution is -0.383. The van der Waals surface area contributed by atoms with Crippen molar-refractivity contribution < 1.29 is 123 Å². The smallest absolute Gasteiger partial charge is 0.246 e. The minimum absolute atomic E-state index is 0.0502. The van der Waals surface area contributed by atoms with Gasteiger partial charge in [-0.2, -0.15) is 0 Å². The molecule has 7 aliphatic rings. The van der Waals surface area contributed by atoms with Crippen LogP contribution in [-0.2, 0) is 63.6 Å². The Kier molecular flexibility index (Phi) is 24.5. The maximum absolute atomic E-state index is 15.2. The molecule has 7 fully saturated rings. The molecule has 8 heterocycles. The molecule has 0 spiro atoms. The number of aliphatic hydroxyl groups is 12. The normalized spacial score (nSPS) is 35.9. The van der Waals surface area contributed by atoms with Crippen LogP contribution in [0.15, 0.2) is 96.4 Å². The van der Waals surface area contributed by atoms with Crippen LogP contribution in [0, 0.1) is 10.8 Å². The van der Waals surface area contributed by atoms with Gasteiger partial charge in [0.2, 0.25) is 41.7 Å². The average Bonchev–Trinajstić information content (AvgIpc) is 1.51. The summed E-state index contributed by atoms with van der Waals surface area (Å²) in [5.41, 5.74) is 2.35. The molecule has 0 bridgehead atoms. The van der Waals surface area contributed by atoms with Gasteiger partial charge in [0.25, 0.3) is 0 Å². The van der Waals surface area contributed by atoms with Crippen LogP contribution >= 0.6 is 11.3 Å². The Morgan fingerprint density at radius 1 is 0.592 bits per heavy atom. The predicted octanol–water partition coefficient (Wildman–Crippen LogP) is -8.70. The van der Waals surface area contributed by atoms with E-state index in [4.69, 9.17) is 44.0 Å². The lowest BCUT2D eigenvalue weighted by atomic mass is 9.92. The van der Waals surface area contributed by atoms with Crippen LogP contribution in [0.4, 0.5) is 0 Å². The molecule has 23 N–H and O–H groups in total. The summed E-state index contributed by atoms with van der Waals surface area (Å²) in [4.78, 5) is 89.5. The van der Waals surface area contributed by atoms with Gasteiger partial charge in [0.05, 0.1) is 45.1 Å². The molecule has 0 saturated carbocycles. The second kappa shape index (κ2) is 33.3. The Labute approximate surface area is 590 Å². The summed E-state index contributed by atoms with van der Waals surface area (Å²) in [5.74, 6) is -9.22. The molecule has 38 heteroatoms. The summed E-state index contributed by atoms with van der Waals surface area (Å²) in [6.45, 7) is -3.12. The van der Waals surface area contributed by atoms with Crippen molar-refractivity contribution in [2.75, 3.05) is 46.1 Å². The Balaban J connectivity index is 0.830. The minimum Gasteiger partial charge on any atom is -0.462 e. The van der Waals surface area contributed by atoms with Gasteiger partial charge in [-0.25, -0.2) is 0 Å². The minimum atomic E-state index is -2.36. The highest BCUT2D eigenvalue weighted by atomic mass is 32.1. The van der Waals surface area contributed by atoms with Crippen LogP contribution in [0.25, 0.3) is 10.4 Å². The number of benzene rings is 3. The van der Waals surface area contributed by atoms with E-state index in [2.05, 4.69) is 47.9 Å². The molecule has 26 unspecified atom stereocenters. The average molecular weight is 1470 g/mol. The summed E-state index contributed by atoms with van der Waals surface area (Å²) in [6.07, 6.45) is -30.9. The van der Waals surface area contributed by atoms with E-state index in [0.717, 1.165) is 15.3 Å². The molecular weight excluding hydrogens is 1380 g/mol. The standard InChI is InChI=1S/C65H84N12O25S/c1-26(28-6-3-2-4-7-28)41-57(93)71-32(18-27-9-15-31(16-10-27)97-62-51(89)48(86)53(37(24-80)99-62)102-63-52(90)49(87)54-38(100-63)25-96-61(101-54)30-13-11-29(12-14-30)39-8-5-17-103-39)56(92)75-42(44(82)33-19-69-64(66)73-33)59(95)76-43(58(94)72-34(22-78)55(91)68-21-40(81)74-41)45(83)35-20-70-65(67)77(35)60-50(88)47(85)46(84)36(23-79)98-60/h2-17,26,32-38,41-54,60-63,78-80,82-90H,18-25H2,1H3,(H2,67,70)(H,68,91)(H,71,93)(H,72,94)(H,74,81)(H,75,92)(H,76,95)(H3,66,69,73). The van der Waals surface area contributed by atoms with Crippen LogP contribution in [0.2, 0.25) is 0 Å². The van der Waals surface area contributed by atoms with Crippen molar-refractivity contribution in [2.45, 2.75) is 172 Å². The second-order valence-corrected chi connectivity index (χ2v) is 26.8. The van der Waals surface area contributed by atoms with Gasteiger partial charge in [-0.15, -0.1) is 11.3 Å². The third-order valence-corrected chi connectivity index (χ3v) is 20.0. The number of carbonyl (C=O) groups is 6. The molecule has 7 aliphatic heterocycles. The first kappa shape index (κ1) is 75.9. The van der Waals surface area contributed by atoms with Crippen LogP contribution in [0.1, 0.15) is 35.8 Å². The number of amides is 6. The first-order valence-electron chi connectivity index (χ1n) is 33.1. The lowest BCUT2D eigenvalue weighted by Crippen LogP contribution is -2.69. The fraction of sp³-hybridized carbons (Fsp3) is 0.538. The maximum atomic E-state index is 15.2. The number of guanidine groups is 2. The van der Waals surface area contributed by atoms with Crippen molar-refractivity contribution in [3.05, 3.63) is 113 Å². The Morgan fingerprint density at radius 2 is 1.26 bits per heavy atom. The number of aliphatic hydroxyl groups excluding tert-OH is 12. The van der Waals surface area contributed by atoms with E-state index in [0.29, 0.717) is 11.1 Å². The summed E-state index contributed by atoms with van der Waals surface area (Å²) in [7, 11) is 0. The quantitative estimate of drug-likeness (QED) is 0.0440. The monoisotopic (exact) mass is 1460 g/mol. The van der Waals surface area contributed by atoms with E-state index in [9.17, 15) is 80.5 Å². The number of hydrogen-bond donors (Lipinski definition) is 23. The summed E-state index contributed by atoms with van der Waals surface area (Å²) >= 11 is 1.57. The van der Waals surface area contributed by atoms with Gasteiger partial charge in [0, 0.05) is 35.9 Å². The number of hydrogen-bond acceptors (Lipinski definition) is 28. The topological polar surface area (TPSA) is 569 Å². The highest BCUT2D eigenvalue weighted by molar-refractivity contribution is 7.13. The Morgan fingerprint density at radius 3 is 1.93 bits per heavy atom. The second-order valence-electron chi connectivity index (χ2n) is 25.8. The summed E-state index contributed by atoms with van der Waals surface area (Å²) in [5, 5.41) is 175. The largest absolute Gasteiger partial charge is 0.462 e.